The van der Waals surface area contributed by atoms with Gasteiger partial charge in [0.15, 0.2) is 11.5 Å². The van der Waals surface area contributed by atoms with Crippen LogP contribution >= 0.6 is 0 Å². The SMILES string of the molecule is CC1(C)CN(c2ncc(C(=O)Nc3ccc4c(c3)OC(F)(F)O4)c(N)n2)C(=O)N1. The molecule has 0 aliphatic carbocycles. The average molecular weight is 406 g/mol. The summed E-state index contributed by atoms with van der Waals surface area (Å²) in [6.45, 7) is 4.02. The van der Waals surface area contributed by atoms with E-state index in [9.17, 15) is 18.4 Å². The number of aromatic nitrogens is 2. The molecule has 0 bridgehead atoms. The molecular weight excluding hydrogens is 390 g/mol. The van der Waals surface area contributed by atoms with Crippen molar-refractivity contribution < 1.29 is 27.8 Å². The first-order valence-corrected chi connectivity index (χ1v) is 8.46. The fourth-order valence-electron chi connectivity index (χ4n) is 2.94. The number of amides is 3. The van der Waals surface area contributed by atoms with Gasteiger partial charge in [0.2, 0.25) is 5.95 Å². The topological polar surface area (TPSA) is 132 Å². The maximum Gasteiger partial charge on any atom is 0.586 e. The predicted octanol–water partition coefficient (Wildman–Crippen LogP) is 1.94. The Hall–Kier alpha value is -3.70. The number of alkyl halides is 2. The van der Waals surface area contributed by atoms with E-state index in [0.717, 1.165) is 0 Å². The number of nitrogens with one attached hydrogen (secondary N) is 2. The van der Waals surface area contributed by atoms with Gasteiger partial charge in [0.1, 0.15) is 11.4 Å². The summed E-state index contributed by atoms with van der Waals surface area (Å²) < 4.78 is 34.8. The van der Waals surface area contributed by atoms with Crippen LogP contribution in [-0.2, 0) is 0 Å². The first-order chi connectivity index (χ1) is 13.5. The maximum absolute atomic E-state index is 13.1. The lowest BCUT2D eigenvalue weighted by Crippen LogP contribution is -2.36. The number of urea groups is 1. The molecule has 0 saturated carbocycles. The van der Waals surface area contributed by atoms with E-state index in [4.69, 9.17) is 5.73 Å². The van der Waals surface area contributed by atoms with Crippen LogP contribution in [0.4, 0.5) is 31.0 Å². The minimum atomic E-state index is -3.75. The molecule has 12 heteroatoms. The van der Waals surface area contributed by atoms with Gasteiger partial charge in [0, 0.05) is 18.0 Å². The lowest BCUT2D eigenvalue weighted by molar-refractivity contribution is -0.286. The van der Waals surface area contributed by atoms with Gasteiger partial charge >= 0.3 is 12.3 Å². The zero-order chi connectivity index (χ0) is 21.0. The number of hydrogen-bond acceptors (Lipinski definition) is 7. The Morgan fingerprint density at radius 1 is 1.31 bits per heavy atom. The van der Waals surface area contributed by atoms with Crippen LogP contribution in [0, 0.1) is 0 Å². The van der Waals surface area contributed by atoms with Crippen molar-refractivity contribution in [1.29, 1.82) is 0 Å². The van der Waals surface area contributed by atoms with Crippen molar-refractivity contribution >= 4 is 29.4 Å². The molecule has 2 aliphatic heterocycles. The molecule has 2 aromatic rings. The number of hydrogen-bond donors (Lipinski definition) is 3. The van der Waals surface area contributed by atoms with Gasteiger partial charge in [-0.15, -0.1) is 8.78 Å². The van der Waals surface area contributed by atoms with Crippen molar-refractivity contribution in [2.75, 3.05) is 22.5 Å². The van der Waals surface area contributed by atoms with Crippen LogP contribution < -0.4 is 30.7 Å². The molecule has 4 rings (SSSR count). The van der Waals surface area contributed by atoms with Gasteiger partial charge in [-0.3, -0.25) is 9.69 Å². The Morgan fingerprint density at radius 2 is 2.03 bits per heavy atom. The monoisotopic (exact) mass is 406 g/mol. The van der Waals surface area contributed by atoms with Gasteiger partial charge in [-0.05, 0) is 26.0 Å². The highest BCUT2D eigenvalue weighted by Crippen LogP contribution is 2.42. The molecule has 0 unspecified atom stereocenters. The Kier molecular flexibility index (Phi) is 3.96. The van der Waals surface area contributed by atoms with Gasteiger partial charge in [0.25, 0.3) is 5.91 Å². The van der Waals surface area contributed by atoms with E-state index in [1.165, 1.54) is 29.3 Å². The predicted molar refractivity (Wildman–Crippen MR) is 97.0 cm³/mol. The fourth-order valence-corrected chi connectivity index (χ4v) is 2.94. The second-order valence-corrected chi connectivity index (χ2v) is 7.15. The summed E-state index contributed by atoms with van der Waals surface area (Å²) >= 11 is 0. The summed E-state index contributed by atoms with van der Waals surface area (Å²) in [5, 5.41) is 5.26. The minimum absolute atomic E-state index is 0.0457. The van der Waals surface area contributed by atoms with Crippen molar-refractivity contribution in [3.05, 3.63) is 30.0 Å². The molecule has 3 amide bonds. The van der Waals surface area contributed by atoms with Crippen LogP contribution in [0.5, 0.6) is 11.5 Å². The van der Waals surface area contributed by atoms with Crippen molar-refractivity contribution in [3.8, 4) is 11.5 Å². The summed E-state index contributed by atoms with van der Waals surface area (Å²) in [6.07, 6.45) is -2.57. The molecule has 3 heterocycles. The van der Waals surface area contributed by atoms with Crippen LogP contribution in [0.3, 0.4) is 0 Å². The normalized spacial score (nSPS) is 18.5. The largest absolute Gasteiger partial charge is 0.586 e. The lowest BCUT2D eigenvalue weighted by atomic mass is 10.1. The third kappa shape index (κ3) is 3.56. The summed E-state index contributed by atoms with van der Waals surface area (Å²) in [5.41, 5.74) is 5.55. The zero-order valence-corrected chi connectivity index (χ0v) is 15.3. The Morgan fingerprint density at radius 3 is 2.69 bits per heavy atom. The van der Waals surface area contributed by atoms with Crippen LogP contribution in [-0.4, -0.2) is 40.3 Å². The number of nitrogen functional groups attached to an aromatic ring is 1. The molecule has 4 N–H and O–H groups in total. The molecule has 0 radical (unpaired) electrons. The van der Waals surface area contributed by atoms with Crippen LogP contribution in [0.1, 0.15) is 24.2 Å². The standard InChI is InChI=1S/C17H16F2N6O4/c1-16(2)7-25(15(27)24-16)14-21-6-9(12(20)23-14)13(26)22-8-3-4-10-11(5-8)29-17(18,19)28-10/h3-6H,7H2,1-2H3,(H,22,26)(H,24,27)(H2,20,21,23). The number of fused-ring (bicyclic) bond motifs is 1. The molecule has 1 aromatic heterocycles. The summed E-state index contributed by atoms with van der Waals surface area (Å²) in [5.74, 6) is -1.10. The van der Waals surface area contributed by atoms with Crippen LogP contribution in [0.2, 0.25) is 0 Å². The number of rotatable bonds is 3. The Bertz CT molecular complexity index is 1030. The summed E-state index contributed by atoms with van der Waals surface area (Å²) in [7, 11) is 0. The van der Waals surface area contributed by atoms with E-state index in [1.807, 2.05) is 13.8 Å². The zero-order valence-electron chi connectivity index (χ0n) is 15.3. The van der Waals surface area contributed by atoms with E-state index >= 15 is 0 Å². The molecule has 1 saturated heterocycles. The van der Waals surface area contributed by atoms with Gasteiger partial charge in [-0.1, -0.05) is 0 Å². The lowest BCUT2D eigenvalue weighted by Gasteiger charge is -2.17. The third-order valence-corrected chi connectivity index (χ3v) is 4.19. The number of nitrogens with two attached hydrogens (primary N) is 1. The van der Waals surface area contributed by atoms with Gasteiger partial charge in [-0.25, -0.2) is 9.78 Å². The highest BCUT2D eigenvalue weighted by Gasteiger charge is 2.43. The first-order valence-electron chi connectivity index (χ1n) is 8.46. The third-order valence-electron chi connectivity index (χ3n) is 4.19. The van der Waals surface area contributed by atoms with E-state index in [0.29, 0.717) is 6.54 Å². The number of nitrogens with zero attached hydrogens (tertiary/aromatic N) is 3. The average Bonchev–Trinajstić information content (AvgIpc) is 3.06. The fraction of sp³-hybridized carbons (Fsp3) is 0.294. The summed E-state index contributed by atoms with van der Waals surface area (Å²) in [4.78, 5) is 33.9. The smallest absolute Gasteiger partial charge is 0.395 e. The van der Waals surface area contributed by atoms with Crippen LogP contribution in [0.15, 0.2) is 24.4 Å². The van der Waals surface area contributed by atoms with E-state index in [-0.39, 0.29) is 40.5 Å². The van der Waals surface area contributed by atoms with Crippen molar-refractivity contribution in [1.82, 2.24) is 15.3 Å². The number of anilines is 3. The molecule has 152 valence electrons. The molecule has 2 aliphatic rings. The van der Waals surface area contributed by atoms with Crippen molar-refractivity contribution in [3.63, 3.8) is 0 Å². The molecule has 1 aromatic carbocycles. The van der Waals surface area contributed by atoms with Gasteiger partial charge < -0.3 is 25.8 Å². The number of carbonyl (C=O) groups is 2. The van der Waals surface area contributed by atoms with Crippen molar-refractivity contribution in [2.45, 2.75) is 25.7 Å². The molecule has 1 fully saturated rings. The second-order valence-electron chi connectivity index (χ2n) is 7.15. The summed E-state index contributed by atoms with van der Waals surface area (Å²) in [6, 6.07) is 3.42. The minimum Gasteiger partial charge on any atom is -0.395 e. The number of benzene rings is 1. The molecule has 29 heavy (non-hydrogen) atoms. The second kappa shape index (κ2) is 6.15. The molecule has 10 nitrogen and oxygen atoms in total. The first kappa shape index (κ1) is 18.7. The number of ether oxygens (including phenoxy) is 2. The van der Waals surface area contributed by atoms with E-state index in [2.05, 4.69) is 30.1 Å². The van der Waals surface area contributed by atoms with E-state index in [1.54, 1.807) is 0 Å². The Balaban J connectivity index is 1.51. The van der Waals surface area contributed by atoms with Gasteiger partial charge in [0.05, 0.1) is 12.1 Å². The molecule has 0 atom stereocenters. The van der Waals surface area contributed by atoms with Gasteiger partial charge in [-0.2, -0.15) is 4.98 Å². The highest BCUT2D eigenvalue weighted by molar-refractivity contribution is 6.07. The van der Waals surface area contributed by atoms with E-state index < -0.39 is 17.7 Å². The number of carbonyl (C=O) groups excluding carboxylic acids is 2. The molecule has 0 spiro atoms. The van der Waals surface area contributed by atoms with Crippen molar-refractivity contribution in [2.24, 2.45) is 0 Å². The maximum atomic E-state index is 13.1. The Labute approximate surface area is 163 Å². The highest BCUT2D eigenvalue weighted by atomic mass is 19.3. The number of halogens is 2. The van der Waals surface area contributed by atoms with Crippen LogP contribution in [0.25, 0.3) is 0 Å². The quantitative estimate of drug-likeness (QED) is 0.710. The molecular formula is C17H16F2N6O4.